The normalized spacial score (nSPS) is 18.1. The van der Waals surface area contributed by atoms with Crippen molar-refractivity contribution in [1.82, 2.24) is 4.90 Å². The number of hydrogen-bond acceptors (Lipinski definition) is 4. The Morgan fingerprint density at radius 1 is 1.45 bits per heavy atom. The molecule has 5 heteroatoms. The molecule has 0 bridgehead atoms. The zero-order valence-electron chi connectivity index (χ0n) is 11.9. The van der Waals surface area contributed by atoms with Gasteiger partial charge in [0.05, 0.1) is 6.61 Å². The van der Waals surface area contributed by atoms with Gasteiger partial charge in [-0.2, -0.15) is 0 Å². The Morgan fingerprint density at radius 3 is 2.85 bits per heavy atom. The van der Waals surface area contributed by atoms with Crippen LogP contribution in [0.2, 0.25) is 0 Å². The second-order valence-corrected chi connectivity index (χ2v) is 4.98. The van der Waals surface area contributed by atoms with Crippen LogP contribution in [0.4, 0.5) is 5.69 Å². The number of benzene rings is 1. The standard InChI is InChI=1S/C15H20N2O3/c1-3-20-15(19)13-5-4-8-17(13)14(18)11-6-7-12(16)10(2)9-11/h6-7,9,13H,3-5,8,16H2,1-2H3. The number of rotatable bonds is 3. The van der Waals surface area contributed by atoms with Gasteiger partial charge in [0.25, 0.3) is 5.91 Å². The van der Waals surface area contributed by atoms with Gasteiger partial charge in [-0.25, -0.2) is 4.79 Å². The lowest BCUT2D eigenvalue weighted by atomic mass is 10.1. The van der Waals surface area contributed by atoms with Crippen LogP contribution >= 0.6 is 0 Å². The minimum atomic E-state index is -0.458. The molecule has 1 amide bonds. The van der Waals surface area contributed by atoms with Crippen LogP contribution in [0.15, 0.2) is 18.2 Å². The lowest BCUT2D eigenvalue weighted by molar-refractivity contribution is -0.147. The number of carbonyl (C=O) groups excluding carboxylic acids is 2. The Hall–Kier alpha value is -2.04. The van der Waals surface area contributed by atoms with Crippen molar-refractivity contribution >= 4 is 17.6 Å². The van der Waals surface area contributed by atoms with Crippen LogP contribution in [-0.4, -0.2) is 36.0 Å². The zero-order chi connectivity index (χ0) is 14.7. The Bertz CT molecular complexity index is 528. The molecule has 0 spiro atoms. The van der Waals surface area contributed by atoms with Crippen LogP contribution < -0.4 is 5.73 Å². The number of aryl methyl sites for hydroxylation is 1. The fraction of sp³-hybridized carbons (Fsp3) is 0.467. The largest absolute Gasteiger partial charge is 0.464 e. The maximum absolute atomic E-state index is 12.5. The molecule has 1 aliphatic rings. The second-order valence-electron chi connectivity index (χ2n) is 4.98. The van der Waals surface area contributed by atoms with E-state index in [1.54, 1.807) is 30.0 Å². The van der Waals surface area contributed by atoms with Crippen LogP contribution in [0.3, 0.4) is 0 Å². The second kappa shape index (κ2) is 5.94. The fourth-order valence-corrected chi connectivity index (χ4v) is 2.47. The molecule has 0 aromatic heterocycles. The van der Waals surface area contributed by atoms with E-state index in [2.05, 4.69) is 0 Å². The first kappa shape index (κ1) is 14.4. The van der Waals surface area contributed by atoms with E-state index in [0.717, 1.165) is 12.0 Å². The Morgan fingerprint density at radius 2 is 2.20 bits per heavy atom. The highest BCUT2D eigenvalue weighted by atomic mass is 16.5. The van der Waals surface area contributed by atoms with Gasteiger partial charge in [0.15, 0.2) is 0 Å². The van der Waals surface area contributed by atoms with E-state index in [-0.39, 0.29) is 11.9 Å². The summed E-state index contributed by atoms with van der Waals surface area (Å²) >= 11 is 0. The first-order valence-electron chi connectivity index (χ1n) is 6.88. The molecule has 1 heterocycles. The maximum Gasteiger partial charge on any atom is 0.328 e. The molecule has 1 unspecified atom stereocenters. The quantitative estimate of drug-likeness (QED) is 0.674. The van der Waals surface area contributed by atoms with Gasteiger partial charge in [-0.05, 0) is 50.5 Å². The number of nitrogen functional groups attached to an aromatic ring is 1. The summed E-state index contributed by atoms with van der Waals surface area (Å²) in [5.74, 6) is -0.450. The first-order chi connectivity index (χ1) is 9.54. The molecule has 5 nitrogen and oxygen atoms in total. The van der Waals surface area contributed by atoms with Crippen molar-refractivity contribution in [3.63, 3.8) is 0 Å². The van der Waals surface area contributed by atoms with Gasteiger partial charge in [-0.3, -0.25) is 4.79 Å². The summed E-state index contributed by atoms with van der Waals surface area (Å²) in [6.45, 7) is 4.55. The first-order valence-corrected chi connectivity index (χ1v) is 6.88. The molecule has 1 aromatic rings. The molecule has 2 N–H and O–H groups in total. The molecule has 1 saturated heterocycles. The van der Waals surface area contributed by atoms with Crippen molar-refractivity contribution in [2.24, 2.45) is 0 Å². The number of nitrogens with zero attached hydrogens (tertiary/aromatic N) is 1. The van der Waals surface area contributed by atoms with Gasteiger partial charge in [0.1, 0.15) is 6.04 Å². The number of carbonyl (C=O) groups is 2. The molecular weight excluding hydrogens is 256 g/mol. The topological polar surface area (TPSA) is 72.6 Å². The van der Waals surface area contributed by atoms with Crippen LogP contribution in [0.5, 0.6) is 0 Å². The summed E-state index contributed by atoms with van der Waals surface area (Å²) in [5.41, 5.74) is 7.84. The lowest BCUT2D eigenvalue weighted by Gasteiger charge is -2.23. The number of hydrogen-bond donors (Lipinski definition) is 1. The van der Waals surface area contributed by atoms with Crippen molar-refractivity contribution in [2.45, 2.75) is 32.7 Å². The highest BCUT2D eigenvalue weighted by molar-refractivity contribution is 5.97. The van der Waals surface area contributed by atoms with Gasteiger partial charge in [-0.15, -0.1) is 0 Å². The predicted molar refractivity (Wildman–Crippen MR) is 76.3 cm³/mol. The Kier molecular flexibility index (Phi) is 4.27. The van der Waals surface area contributed by atoms with Crippen LogP contribution in [0, 0.1) is 6.92 Å². The average Bonchev–Trinajstić information content (AvgIpc) is 2.90. The molecule has 1 aromatic carbocycles. The van der Waals surface area contributed by atoms with E-state index < -0.39 is 6.04 Å². The average molecular weight is 276 g/mol. The van der Waals surface area contributed by atoms with Gasteiger partial charge < -0.3 is 15.4 Å². The number of amides is 1. The molecule has 0 radical (unpaired) electrons. The van der Waals surface area contributed by atoms with Crippen molar-refractivity contribution in [3.05, 3.63) is 29.3 Å². The summed E-state index contributed by atoms with van der Waals surface area (Å²) in [5, 5.41) is 0. The lowest BCUT2D eigenvalue weighted by Crippen LogP contribution is -2.41. The van der Waals surface area contributed by atoms with Crippen LogP contribution in [0.25, 0.3) is 0 Å². The van der Waals surface area contributed by atoms with Gasteiger partial charge >= 0.3 is 5.97 Å². The van der Waals surface area contributed by atoms with E-state index in [9.17, 15) is 9.59 Å². The summed E-state index contributed by atoms with van der Waals surface area (Å²) in [6.07, 6.45) is 1.49. The minimum Gasteiger partial charge on any atom is -0.464 e. The highest BCUT2D eigenvalue weighted by Gasteiger charge is 2.35. The van der Waals surface area contributed by atoms with Crippen molar-refractivity contribution < 1.29 is 14.3 Å². The molecule has 2 rings (SSSR count). The number of ether oxygens (including phenoxy) is 1. The highest BCUT2D eigenvalue weighted by Crippen LogP contribution is 2.22. The maximum atomic E-state index is 12.5. The Labute approximate surface area is 118 Å². The minimum absolute atomic E-state index is 0.136. The van der Waals surface area contributed by atoms with Crippen molar-refractivity contribution in [3.8, 4) is 0 Å². The van der Waals surface area contributed by atoms with E-state index >= 15 is 0 Å². The van der Waals surface area contributed by atoms with Crippen LogP contribution in [0.1, 0.15) is 35.7 Å². The number of likely N-dealkylation sites (tertiary alicyclic amines) is 1. The summed E-state index contributed by atoms with van der Waals surface area (Å²) in [7, 11) is 0. The van der Waals surface area contributed by atoms with Gasteiger partial charge in [-0.1, -0.05) is 0 Å². The molecule has 108 valence electrons. The van der Waals surface area contributed by atoms with E-state index in [1.165, 1.54) is 0 Å². The predicted octanol–water partition coefficient (Wildman–Crippen LogP) is 1.74. The molecule has 1 aliphatic heterocycles. The molecule has 20 heavy (non-hydrogen) atoms. The van der Waals surface area contributed by atoms with E-state index in [4.69, 9.17) is 10.5 Å². The molecule has 0 aliphatic carbocycles. The van der Waals surface area contributed by atoms with E-state index in [1.807, 2.05) is 6.92 Å². The van der Waals surface area contributed by atoms with Crippen LogP contribution in [-0.2, 0) is 9.53 Å². The summed E-state index contributed by atoms with van der Waals surface area (Å²) < 4.78 is 5.03. The molecule has 0 saturated carbocycles. The van der Waals surface area contributed by atoms with Crippen molar-refractivity contribution in [1.29, 1.82) is 0 Å². The molecule has 1 fully saturated rings. The summed E-state index contributed by atoms with van der Waals surface area (Å²) in [6, 6.07) is 4.72. The molecular formula is C15H20N2O3. The smallest absolute Gasteiger partial charge is 0.328 e. The Balaban J connectivity index is 2.18. The SMILES string of the molecule is CCOC(=O)C1CCCN1C(=O)c1ccc(N)c(C)c1. The number of nitrogens with two attached hydrogens (primary N) is 1. The molecule has 1 atom stereocenters. The third-order valence-corrected chi connectivity index (χ3v) is 3.59. The number of anilines is 1. The zero-order valence-corrected chi connectivity index (χ0v) is 11.9. The number of esters is 1. The van der Waals surface area contributed by atoms with E-state index in [0.29, 0.717) is 30.8 Å². The van der Waals surface area contributed by atoms with Gasteiger partial charge in [0.2, 0.25) is 0 Å². The van der Waals surface area contributed by atoms with Crippen molar-refractivity contribution in [2.75, 3.05) is 18.9 Å². The van der Waals surface area contributed by atoms with Gasteiger partial charge in [0, 0.05) is 17.8 Å². The third kappa shape index (κ3) is 2.76. The monoisotopic (exact) mass is 276 g/mol. The summed E-state index contributed by atoms with van der Waals surface area (Å²) in [4.78, 5) is 26.0. The third-order valence-electron chi connectivity index (χ3n) is 3.59. The fourth-order valence-electron chi connectivity index (χ4n) is 2.47.